The van der Waals surface area contributed by atoms with Crippen molar-refractivity contribution in [1.29, 1.82) is 0 Å². The van der Waals surface area contributed by atoms with E-state index in [0.29, 0.717) is 0 Å². The van der Waals surface area contributed by atoms with Crippen LogP contribution in [0.15, 0.2) is 0 Å². The van der Waals surface area contributed by atoms with Crippen LogP contribution in [0.4, 0.5) is 0 Å². The van der Waals surface area contributed by atoms with Gasteiger partial charge in [-0.2, -0.15) is 0 Å². The second-order valence-corrected chi connectivity index (χ2v) is 10.5. The highest BCUT2D eigenvalue weighted by molar-refractivity contribution is 6.28. The average molecular weight is 421 g/mol. The van der Waals surface area contributed by atoms with Crippen molar-refractivity contribution in [2.75, 3.05) is 0 Å². The molecule has 0 fully saturated rings. The quantitative estimate of drug-likeness (QED) is 0.219. The molecule has 1 aliphatic carbocycles. The highest BCUT2D eigenvalue weighted by atomic mass is 14.4. The molecule has 0 radical (unpaired) electrons. The topological polar surface area (TPSA) is 0 Å². The van der Waals surface area contributed by atoms with E-state index >= 15 is 0 Å². The van der Waals surface area contributed by atoms with Gasteiger partial charge < -0.3 is 0 Å². The molecule has 0 spiro atoms. The molecule has 0 bridgehead atoms. The van der Waals surface area contributed by atoms with Crippen LogP contribution < -0.4 is 0 Å². The van der Waals surface area contributed by atoms with Gasteiger partial charge in [0.2, 0.25) is 0 Å². The molecule has 1 aliphatic rings. The summed E-state index contributed by atoms with van der Waals surface area (Å²) in [5.41, 5.74) is 23.4. The fraction of sp³-hybridized carbons (Fsp3) is 0.375. The molecular weight excluding hydrogens is 384 g/mol. The van der Waals surface area contributed by atoms with Crippen LogP contribution in [0.2, 0.25) is 0 Å². The predicted molar refractivity (Wildman–Crippen MR) is 143 cm³/mol. The molecule has 0 heteroatoms. The Morgan fingerprint density at radius 3 is 1.00 bits per heavy atom. The molecule has 0 aliphatic heterocycles. The Morgan fingerprint density at radius 1 is 0.188 bits per heavy atom. The third kappa shape index (κ3) is 2.19. The van der Waals surface area contributed by atoms with E-state index < -0.39 is 0 Å². The van der Waals surface area contributed by atoms with E-state index in [1.54, 1.807) is 0 Å². The molecule has 0 unspecified atom stereocenters. The molecule has 0 saturated carbocycles. The number of hydrogen-bond donors (Lipinski definition) is 0. The molecule has 5 rings (SSSR count). The maximum atomic E-state index is 2.37. The first kappa shape index (κ1) is 21.3. The van der Waals surface area contributed by atoms with Crippen molar-refractivity contribution in [1.82, 2.24) is 0 Å². The summed E-state index contributed by atoms with van der Waals surface area (Å²) in [7, 11) is 0. The molecule has 164 valence electrons. The van der Waals surface area contributed by atoms with Crippen molar-refractivity contribution in [3.63, 3.8) is 0 Å². The van der Waals surface area contributed by atoms with Gasteiger partial charge in [0.05, 0.1) is 0 Å². The standard InChI is InChI=1S/C32H36/c1-13-14(2)20(8)27-25(18(13)6)24(12)26-19(7)17(5)23(11)29-28-21(9)15(3)16(4)22(10)30(28)32(27)31(26)29/h1-12H3. The summed E-state index contributed by atoms with van der Waals surface area (Å²) >= 11 is 0. The average Bonchev–Trinajstić information content (AvgIpc) is 3.11. The Labute approximate surface area is 193 Å². The molecule has 0 atom stereocenters. The van der Waals surface area contributed by atoms with E-state index in [-0.39, 0.29) is 0 Å². The van der Waals surface area contributed by atoms with Crippen LogP contribution in [-0.2, 0) is 0 Å². The van der Waals surface area contributed by atoms with Crippen molar-refractivity contribution in [3.8, 4) is 22.3 Å². The minimum Gasteiger partial charge on any atom is -0.0444 e. The smallest absolute Gasteiger partial charge is 0.000817 e. The molecule has 0 saturated heterocycles. The van der Waals surface area contributed by atoms with Gasteiger partial charge in [-0.25, -0.2) is 0 Å². The molecule has 32 heavy (non-hydrogen) atoms. The highest BCUT2D eigenvalue weighted by Gasteiger charge is 2.33. The Bertz CT molecular complexity index is 1560. The minimum absolute atomic E-state index is 1.44. The van der Waals surface area contributed by atoms with Gasteiger partial charge in [0.15, 0.2) is 0 Å². The van der Waals surface area contributed by atoms with Crippen LogP contribution in [0.3, 0.4) is 0 Å². The lowest BCUT2D eigenvalue weighted by molar-refractivity contribution is 1.22. The van der Waals surface area contributed by atoms with Gasteiger partial charge in [-0.15, -0.1) is 0 Å². The summed E-state index contributed by atoms with van der Waals surface area (Å²) in [6, 6.07) is 0. The molecular formula is C32H36. The SMILES string of the molecule is Cc1c(C)c(C)c2c(c1C)-c1c(C)c(C)c(C)c3c(C)c4c(C)c(C)c(C)c(C)c4c-2c13. The van der Waals surface area contributed by atoms with Gasteiger partial charge in [-0.05, 0) is 194 Å². The lowest BCUT2D eigenvalue weighted by Crippen LogP contribution is -2.00. The van der Waals surface area contributed by atoms with Crippen molar-refractivity contribution in [3.05, 3.63) is 66.8 Å². The van der Waals surface area contributed by atoms with Crippen LogP contribution in [0.5, 0.6) is 0 Å². The molecule has 0 N–H and O–H groups in total. The second-order valence-electron chi connectivity index (χ2n) is 10.5. The largest absolute Gasteiger partial charge is 0.0444 e. The Kier molecular flexibility index (Phi) is 4.30. The first-order valence-corrected chi connectivity index (χ1v) is 12.0. The molecule has 0 amide bonds. The summed E-state index contributed by atoms with van der Waals surface area (Å²) < 4.78 is 0. The number of aryl methyl sites for hydroxylation is 4. The fourth-order valence-corrected chi connectivity index (χ4v) is 6.72. The summed E-state index contributed by atoms with van der Waals surface area (Å²) in [6.45, 7) is 28.0. The van der Waals surface area contributed by atoms with Gasteiger partial charge >= 0.3 is 0 Å². The Hall–Kier alpha value is -2.60. The number of hydrogen-bond acceptors (Lipinski definition) is 0. The van der Waals surface area contributed by atoms with Crippen molar-refractivity contribution in [2.24, 2.45) is 0 Å². The fourth-order valence-electron chi connectivity index (χ4n) is 6.72. The van der Waals surface area contributed by atoms with E-state index in [0.717, 1.165) is 0 Å². The zero-order valence-corrected chi connectivity index (χ0v) is 22.0. The zero-order chi connectivity index (χ0) is 23.5. The molecule has 0 heterocycles. The van der Waals surface area contributed by atoms with Crippen LogP contribution >= 0.6 is 0 Å². The lowest BCUT2D eigenvalue weighted by Gasteiger charge is -2.23. The van der Waals surface area contributed by atoms with Gasteiger partial charge in [0, 0.05) is 0 Å². The van der Waals surface area contributed by atoms with Crippen LogP contribution in [-0.4, -0.2) is 0 Å². The monoisotopic (exact) mass is 420 g/mol. The zero-order valence-electron chi connectivity index (χ0n) is 22.0. The van der Waals surface area contributed by atoms with E-state index in [1.807, 2.05) is 0 Å². The number of fused-ring (bicyclic) bond motifs is 5. The second kappa shape index (κ2) is 6.47. The van der Waals surface area contributed by atoms with E-state index in [4.69, 9.17) is 0 Å². The molecule has 4 aromatic rings. The number of rotatable bonds is 0. The van der Waals surface area contributed by atoms with E-state index in [9.17, 15) is 0 Å². The number of benzene rings is 4. The maximum Gasteiger partial charge on any atom is -0.000817 e. The van der Waals surface area contributed by atoms with E-state index in [2.05, 4.69) is 83.1 Å². The van der Waals surface area contributed by atoms with Crippen molar-refractivity contribution >= 4 is 21.5 Å². The normalized spacial score (nSPS) is 12.4. The van der Waals surface area contributed by atoms with Gasteiger partial charge in [-0.3, -0.25) is 0 Å². The summed E-state index contributed by atoms with van der Waals surface area (Å²) in [5, 5.41) is 5.96. The van der Waals surface area contributed by atoms with Gasteiger partial charge in [-0.1, -0.05) is 0 Å². The lowest BCUT2D eigenvalue weighted by atomic mass is 9.81. The third-order valence-corrected chi connectivity index (χ3v) is 9.50. The third-order valence-electron chi connectivity index (χ3n) is 9.50. The van der Waals surface area contributed by atoms with Gasteiger partial charge in [0.1, 0.15) is 0 Å². The Balaban J connectivity index is 2.29. The first-order chi connectivity index (χ1) is 14.9. The predicted octanol–water partition coefficient (Wildman–Crippen LogP) is 9.34. The van der Waals surface area contributed by atoms with Gasteiger partial charge in [0.25, 0.3) is 0 Å². The summed E-state index contributed by atoms with van der Waals surface area (Å²) in [5.74, 6) is 0. The Morgan fingerprint density at radius 2 is 0.500 bits per heavy atom. The first-order valence-electron chi connectivity index (χ1n) is 12.0. The van der Waals surface area contributed by atoms with Crippen molar-refractivity contribution in [2.45, 2.75) is 83.1 Å². The highest BCUT2D eigenvalue weighted by Crippen LogP contribution is 2.58. The summed E-state index contributed by atoms with van der Waals surface area (Å²) in [6.07, 6.45) is 0. The van der Waals surface area contributed by atoms with Crippen LogP contribution in [0.1, 0.15) is 66.8 Å². The minimum atomic E-state index is 1.44. The molecule has 0 aromatic heterocycles. The van der Waals surface area contributed by atoms with Crippen LogP contribution in [0, 0.1) is 83.1 Å². The van der Waals surface area contributed by atoms with Crippen molar-refractivity contribution < 1.29 is 0 Å². The molecule has 4 aromatic carbocycles. The summed E-state index contributed by atoms with van der Waals surface area (Å²) in [4.78, 5) is 0. The maximum absolute atomic E-state index is 2.37. The molecule has 0 nitrogen and oxygen atoms in total. The van der Waals surface area contributed by atoms with E-state index in [1.165, 1.54) is 111 Å². The van der Waals surface area contributed by atoms with Crippen LogP contribution in [0.25, 0.3) is 43.8 Å².